The van der Waals surface area contributed by atoms with Crippen LogP contribution < -0.4 is 0 Å². The van der Waals surface area contributed by atoms with Crippen LogP contribution in [0.25, 0.3) is 0 Å². The van der Waals surface area contributed by atoms with Gasteiger partial charge < -0.3 is 14.4 Å². The van der Waals surface area contributed by atoms with Crippen molar-refractivity contribution in [1.29, 1.82) is 0 Å². The van der Waals surface area contributed by atoms with E-state index in [9.17, 15) is 4.79 Å². The standard InChI is InChI=1S/C10H19NO2/c1-8(7-12)10(13-3)9-5-4-6-11(9)2/h7-10H,4-6H2,1-3H3. The zero-order valence-electron chi connectivity index (χ0n) is 8.69. The summed E-state index contributed by atoms with van der Waals surface area (Å²) in [6, 6.07) is 0.421. The van der Waals surface area contributed by atoms with E-state index < -0.39 is 0 Å². The van der Waals surface area contributed by atoms with Gasteiger partial charge in [0.05, 0.1) is 6.10 Å². The summed E-state index contributed by atoms with van der Waals surface area (Å²) < 4.78 is 5.38. The predicted octanol–water partition coefficient (Wildman–Crippen LogP) is 0.931. The number of carbonyl (C=O) groups excluding carboxylic acids is 1. The van der Waals surface area contributed by atoms with Crippen LogP contribution in [-0.4, -0.2) is 44.0 Å². The van der Waals surface area contributed by atoms with Crippen LogP contribution in [-0.2, 0) is 9.53 Å². The van der Waals surface area contributed by atoms with E-state index in [0.29, 0.717) is 6.04 Å². The molecule has 0 aromatic rings. The molecule has 0 saturated carbocycles. The maximum atomic E-state index is 10.7. The van der Waals surface area contributed by atoms with Gasteiger partial charge in [-0.15, -0.1) is 0 Å². The minimum atomic E-state index is -0.00412. The Labute approximate surface area is 80.1 Å². The van der Waals surface area contributed by atoms with E-state index >= 15 is 0 Å². The number of methoxy groups -OCH3 is 1. The number of hydrogen-bond acceptors (Lipinski definition) is 3. The Kier molecular flexibility index (Phi) is 3.88. The molecule has 1 aliphatic rings. The number of rotatable bonds is 4. The Morgan fingerprint density at radius 2 is 2.31 bits per heavy atom. The molecule has 0 aromatic heterocycles. The van der Waals surface area contributed by atoms with Gasteiger partial charge in [-0.25, -0.2) is 0 Å². The van der Waals surface area contributed by atoms with Crippen molar-refractivity contribution in [3.05, 3.63) is 0 Å². The molecular weight excluding hydrogens is 166 g/mol. The van der Waals surface area contributed by atoms with Crippen LogP contribution in [0.5, 0.6) is 0 Å². The highest BCUT2D eigenvalue weighted by atomic mass is 16.5. The van der Waals surface area contributed by atoms with Crippen molar-refractivity contribution in [2.45, 2.75) is 31.9 Å². The normalized spacial score (nSPS) is 28.7. The van der Waals surface area contributed by atoms with Crippen LogP contribution in [0.4, 0.5) is 0 Å². The van der Waals surface area contributed by atoms with E-state index in [0.717, 1.165) is 19.3 Å². The van der Waals surface area contributed by atoms with Gasteiger partial charge in [0.25, 0.3) is 0 Å². The third-order valence-electron chi connectivity index (χ3n) is 2.96. The van der Waals surface area contributed by atoms with Gasteiger partial charge in [0.2, 0.25) is 0 Å². The first-order valence-corrected chi connectivity index (χ1v) is 4.89. The molecule has 3 atom stereocenters. The quantitative estimate of drug-likeness (QED) is 0.610. The maximum Gasteiger partial charge on any atom is 0.125 e. The first kappa shape index (κ1) is 10.7. The topological polar surface area (TPSA) is 29.5 Å². The first-order chi connectivity index (χ1) is 6.20. The molecule has 0 aromatic carbocycles. The summed E-state index contributed by atoms with van der Waals surface area (Å²) >= 11 is 0. The summed E-state index contributed by atoms with van der Waals surface area (Å²) in [5.41, 5.74) is 0. The third-order valence-corrected chi connectivity index (χ3v) is 2.96. The lowest BCUT2D eigenvalue weighted by Crippen LogP contribution is -2.41. The number of likely N-dealkylation sites (tertiary alicyclic amines) is 1. The molecule has 76 valence electrons. The minimum Gasteiger partial charge on any atom is -0.379 e. The molecule has 0 spiro atoms. The molecule has 1 rings (SSSR count). The summed E-state index contributed by atoms with van der Waals surface area (Å²) in [5, 5.41) is 0. The molecule has 3 nitrogen and oxygen atoms in total. The fourth-order valence-corrected chi connectivity index (χ4v) is 2.15. The second-order valence-corrected chi connectivity index (χ2v) is 3.89. The van der Waals surface area contributed by atoms with E-state index in [4.69, 9.17) is 4.74 Å². The fourth-order valence-electron chi connectivity index (χ4n) is 2.15. The SMILES string of the molecule is COC(C(C)C=O)C1CCCN1C. The molecule has 1 fully saturated rings. The van der Waals surface area contributed by atoms with Gasteiger partial charge in [0.15, 0.2) is 0 Å². The van der Waals surface area contributed by atoms with E-state index in [1.807, 2.05) is 6.92 Å². The number of aldehydes is 1. The minimum absolute atomic E-state index is 0.00412. The van der Waals surface area contributed by atoms with Gasteiger partial charge in [0.1, 0.15) is 6.29 Å². The number of hydrogen-bond donors (Lipinski definition) is 0. The second kappa shape index (κ2) is 4.72. The monoisotopic (exact) mass is 185 g/mol. The highest BCUT2D eigenvalue weighted by molar-refractivity contribution is 5.54. The molecule has 1 aliphatic heterocycles. The molecule has 0 aliphatic carbocycles. The summed E-state index contributed by atoms with van der Waals surface area (Å²) in [5.74, 6) is -0.00412. The molecule has 0 radical (unpaired) electrons. The van der Waals surface area contributed by atoms with Crippen LogP contribution in [0.1, 0.15) is 19.8 Å². The van der Waals surface area contributed by atoms with E-state index in [-0.39, 0.29) is 12.0 Å². The molecule has 0 N–H and O–H groups in total. The Morgan fingerprint density at radius 3 is 2.69 bits per heavy atom. The van der Waals surface area contributed by atoms with Crippen LogP contribution in [0, 0.1) is 5.92 Å². The van der Waals surface area contributed by atoms with Crippen molar-refractivity contribution in [2.75, 3.05) is 20.7 Å². The predicted molar refractivity (Wildman–Crippen MR) is 51.7 cm³/mol. The van der Waals surface area contributed by atoms with Crippen LogP contribution in [0.15, 0.2) is 0 Å². The zero-order valence-corrected chi connectivity index (χ0v) is 8.69. The third kappa shape index (κ3) is 2.29. The van der Waals surface area contributed by atoms with Gasteiger partial charge in [0, 0.05) is 19.1 Å². The molecule has 1 heterocycles. The molecular formula is C10H19NO2. The number of ether oxygens (including phenoxy) is 1. The van der Waals surface area contributed by atoms with Crippen molar-refractivity contribution in [1.82, 2.24) is 4.90 Å². The van der Waals surface area contributed by atoms with Crippen LogP contribution >= 0.6 is 0 Å². The zero-order chi connectivity index (χ0) is 9.84. The molecule has 0 amide bonds. The summed E-state index contributed by atoms with van der Waals surface area (Å²) in [6.45, 7) is 3.05. The van der Waals surface area contributed by atoms with Gasteiger partial charge in [-0.05, 0) is 26.4 Å². The van der Waals surface area contributed by atoms with Crippen molar-refractivity contribution in [3.63, 3.8) is 0 Å². The largest absolute Gasteiger partial charge is 0.379 e. The van der Waals surface area contributed by atoms with Crippen molar-refractivity contribution in [2.24, 2.45) is 5.92 Å². The second-order valence-electron chi connectivity index (χ2n) is 3.89. The van der Waals surface area contributed by atoms with Crippen LogP contribution in [0.2, 0.25) is 0 Å². The van der Waals surface area contributed by atoms with Crippen molar-refractivity contribution in [3.8, 4) is 0 Å². The van der Waals surface area contributed by atoms with E-state index in [2.05, 4.69) is 11.9 Å². The smallest absolute Gasteiger partial charge is 0.125 e. The highest BCUT2D eigenvalue weighted by Gasteiger charge is 2.32. The van der Waals surface area contributed by atoms with Gasteiger partial charge >= 0.3 is 0 Å². The Bertz CT molecular complexity index is 172. The van der Waals surface area contributed by atoms with E-state index in [1.165, 1.54) is 6.42 Å². The Hall–Kier alpha value is -0.410. The van der Waals surface area contributed by atoms with Gasteiger partial charge in [-0.3, -0.25) is 0 Å². The molecule has 3 unspecified atom stereocenters. The van der Waals surface area contributed by atoms with Gasteiger partial charge in [-0.2, -0.15) is 0 Å². The molecule has 3 heteroatoms. The highest BCUT2D eigenvalue weighted by Crippen LogP contribution is 2.23. The lowest BCUT2D eigenvalue weighted by molar-refractivity contribution is -0.116. The molecule has 1 saturated heterocycles. The van der Waals surface area contributed by atoms with Crippen molar-refractivity contribution < 1.29 is 9.53 Å². The number of nitrogens with zero attached hydrogens (tertiary/aromatic N) is 1. The van der Waals surface area contributed by atoms with Crippen LogP contribution in [0.3, 0.4) is 0 Å². The first-order valence-electron chi connectivity index (χ1n) is 4.89. The summed E-state index contributed by atoms with van der Waals surface area (Å²) in [4.78, 5) is 13.0. The average molecular weight is 185 g/mol. The van der Waals surface area contributed by atoms with E-state index in [1.54, 1.807) is 7.11 Å². The Balaban J connectivity index is 2.59. The molecule has 0 bridgehead atoms. The fraction of sp³-hybridized carbons (Fsp3) is 0.900. The summed E-state index contributed by atoms with van der Waals surface area (Å²) in [6.07, 6.45) is 3.41. The number of likely N-dealkylation sites (N-methyl/N-ethyl adjacent to an activating group) is 1. The number of carbonyl (C=O) groups is 1. The van der Waals surface area contributed by atoms with Crippen molar-refractivity contribution >= 4 is 6.29 Å². The summed E-state index contributed by atoms with van der Waals surface area (Å²) in [7, 11) is 3.79. The lowest BCUT2D eigenvalue weighted by Gasteiger charge is -2.29. The maximum absolute atomic E-state index is 10.7. The molecule has 13 heavy (non-hydrogen) atoms. The van der Waals surface area contributed by atoms with Gasteiger partial charge in [-0.1, -0.05) is 6.92 Å². The Morgan fingerprint density at radius 1 is 1.62 bits per heavy atom. The lowest BCUT2D eigenvalue weighted by atomic mass is 9.97. The average Bonchev–Trinajstić information content (AvgIpc) is 2.53.